The highest BCUT2D eigenvalue weighted by molar-refractivity contribution is 6.01. The molecule has 1 aromatic carbocycles. The van der Waals surface area contributed by atoms with Crippen molar-refractivity contribution in [2.24, 2.45) is 0 Å². The molecule has 0 bridgehead atoms. The lowest BCUT2D eigenvalue weighted by Gasteiger charge is -2.27. The van der Waals surface area contributed by atoms with Gasteiger partial charge in [-0.15, -0.1) is 0 Å². The molecule has 1 heterocycles. The van der Waals surface area contributed by atoms with Gasteiger partial charge in [-0.3, -0.25) is 14.5 Å². The molecule has 0 radical (unpaired) electrons. The minimum atomic E-state index is -0.874. The van der Waals surface area contributed by atoms with Gasteiger partial charge in [0.05, 0.1) is 18.8 Å². The SMILES string of the molecule is COc1ccc(C(=O)C(C)N2CCCC2C(=O)O)cc1N. The molecule has 1 aliphatic heterocycles. The molecule has 0 amide bonds. The first-order valence-electron chi connectivity index (χ1n) is 6.92. The Morgan fingerprint density at radius 3 is 2.76 bits per heavy atom. The van der Waals surface area contributed by atoms with Crippen LogP contribution in [0.25, 0.3) is 0 Å². The van der Waals surface area contributed by atoms with Gasteiger partial charge in [0, 0.05) is 5.56 Å². The van der Waals surface area contributed by atoms with Crippen molar-refractivity contribution in [3.8, 4) is 5.75 Å². The van der Waals surface area contributed by atoms with E-state index in [9.17, 15) is 14.7 Å². The van der Waals surface area contributed by atoms with Crippen LogP contribution in [-0.2, 0) is 4.79 Å². The fraction of sp³-hybridized carbons (Fsp3) is 0.467. The number of carbonyl (C=O) groups excluding carboxylic acids is 1. The number of methoxy groups -OCH3 is 1. The maximum absolute atomic E-state index is 12.5. The number of likely N-dealkylation sites (tertiary alicyclic amines) is 1. The van der Waals surface area contributed by atoms with Gasteiger partial charge in [-0.1, -0.05) is 0 Å². The Bertz CT molecular complexity index is 559. The Hall–Kier alpha value is -2.08. The van der Waals surface area contributed by atoms with Crippen LogP contribution in [0.3, 0.4) is 0 Å². The number of carboxylic acid groups (broad SMARTS) is 1. The van der Waals surface area contributed by atoms with Crippen molar-refractivity contribution < 1.29 is 19.4 Å². The summed E-state index contributed by atoms with van der Waals surface area (Å²) in [5.74, 6) is -0.484. The normalized spacial score (nSPS) is 20.2. The predicted molar refractivity (Wildman–Crippen MR) is 78.6 cm³/mol. The van der Waals surface area contributed by atoms with E-state index in [0.717, 1.165) is 6.42 Å². The first-order valence-corrected chi connectivity index (χ1v) is 6.92. The predicted octanol–water partition coefficient (Wildman–Crippen LogP) is 1.40. The number of benzene rings is 1. The van der Waals surface area contributed by atoms with Crippen molar-refractivity contribution in [1.29, 1.82) is 0 Å². The zero-order valence-corrected chi connectivity index (χ0v) is 12.2. The van der Waals surface area contributed by atoms with Gasteiger partial charge in [0.1, 0.15) is 11.8 Å². The maximum Gasteiger partial charge on any atom is 0.320 e. The number of hydrogen-bond donors (Lipinski definition) is 2. The number of ether oxygens (including phenoxy) is 1. The van der Waals surface area contributed by atoms with E-state index in [1.54, 1.807) is 30.0 Å². The highest BCUT2D eigenvalue weighted by Gasteiger charge is 2.36. The minimum Gasteiger partial charge on any atom is -0.495 e. The molecule has 6 heteroatoms. The molecule has 21 heavy (non-hydrogen) atoms. The Balaban J connectivity index is 2.19. The number of nitrogens with two attached hydrogens (primary N) is 1. The Morgan fingerprint density at radius 1 is 1.48 bits per heavy atom. The lowest BCUT2D eigenvalue weighted by atomic mass is 10.0. The number of rotatable bonds is 5. The number of anilines is 1. The van der Waals surface area contributed by atoms with E-state index >= 15 is 0 Å². The third kappa shape index (κ3) is 3.00. The third-order valence-corrected chi connectivity index (χ3v) is 3.97. The molecular formula is C15H20N2O4. The average Bonchev–Trinajstić information content (AvgIpc) is 2.95. The Labute approximate surface area is 123 Å². The van der Waals surface area contributed by atoms with E-state index in [2.05, 4.69) is 0 Å². The molecule has 0 aromatic heterocycles. The summed E-state index contributed by atoms with van der Waals surface area (Å²) < 4.78 is 5.06. The highest BCUT2D eigenvalue weighted by Crippen LogP contribution is 2.26. The summed E-state index contributed by atoms with van der Waals surface area (Å²) in [5.41, 5.74) is 6.68. The van der Waals surface area contributed by atoms with Crippen LogP contribution in [0.4, 0.5) is 5.69 Å². The fourth-order valence-electron chi connectivity index (χ4n) is 2.80. The number of aliphatic carboxylic acids is 1. The van der Waals surface area contributed by atoms with E-state index in [1.165, 1.54) is 7.11 Å². The summed E-state index contributed by atoms with van der Waals surface area (Å²) in [6.45, 7) is 2.36. The summed E-state index contributed by atoms with van der Waals surface area (Å²) >= 11 is 0. The summed E-state index contributed by atoms with van der Waals surface area (Å²) in [6, 6.07) is 3.80. The number of carboxylic acids is 1. The second-order valence-corrected chi connectivity index (χ2v) is 5.23. The molecule has 1 aliphatic rings. The lowest BCUT2D eigenvalue weighted by molar-refractivity contribution is -0.142. The van der Waals surface area contributed by atoms with Crippen LogP contribution in [0.15, 0.2) is 18.2 Å². The lowest BCUT2D eigenvalue weighted by Crippen LogP contribution is -2.45. The van der Waals surface area contributed by atoms with Gasteiger partial charge in [-0.2, -0.15) is 0 Å². The summed E-state index contributed by atoms with van der Waals surface area (Å²) in [4.78, 5) is 25.5. The number of hydrogen-bond acceptors (Lipinski definition) is 5. The van der Waals surface area contributed by atoms with Crippen LogP contribution in [0.2, 0.25) is 0 Å². The zero-order chi connectivity index (χ0) is 15.6. The van der Waals surface area contributed by atoms with E-state index in [1.807, 2.05) is 0 Å². The van der Waals surface area contributed by atoms with Crippen molar-refractivity contribution in [2.45, 2.75) is 31.8 Å². The summed E-state index contributed by atoms with van der Waals surface area (Å²) in [6.07, 6.45) is 1.37. The molecule has 2 unspecified atom stereocenters. The van der Waals surface area contributed by atoms with E-state index in [-0.39, 0.29) is 5.78 Å². The van der Waals surface area contributed by atoms with Crippen LogP contribution in [0.1, 0.15) is 30.1 Å². The second-order valence-electron chi connectivity index (χ2n) is 5.23. The van der Waals surface area contributed by atoms with Crippen molar-refractivity contribution in [2.75, 3.05) is 19.4 Å². The van der Waals surface area contributed by atoms with Gasteiger partial charge in [-0.25, -0.2) is 0 Å². The average molecular weight is 292 g/mol. The van der Waals surface area contributed by atoms with E-state index < -0.39 is 18.1 Å². The fourth-order valence-corrected chi connectivity index (χ4v) is 2.80. The molecule has 0 spiro atoms. The van der Waals surface area contributed by atoms with Gasteiger partial charge in [-0.05, 0) is 44.5 Å². The van der Waals surface area contributed by atoms with Crippen LogP contribution >= 0.6 is 0 Å². The molecule has 2 atom stereocenters. The molecule has 1 saturated heterocycles. The van der Waals surface area contributed by atoms with Crippen LogP contribution in [0, 0.1) is 0 Å². The standard InChI is InChI=1S/C15H20N2O4/c1-9(17-7-3-4-12(17)15(19)20)14(18)10-5-6-13(21-2)11(16)8-10/h5-6,8-9,12H,3-4,7,16H2,1-2H3,(H,19,20). The smallest absolute Gasteiger partial charge is 0.320 e. The second kappa shape index (κ2) is 6.13. The first-order chi connectivity index (χ1) is 9.95. The molecular weight excluding hydrogens is 272 g/mol. The van der Waals surface area contributed by atoms with Crippen molar-refractivity contribution in [1.82, 2.24) is 4.90 Å². The van der Waals surface area contributed by atoms with Gasteiger partial charge in [0.25, 0.3) is 0 Å². The molecule has 0 aliphatic carbocycles. The Morgan fingerprint density at radius 2 is 2.19 bits per heavy atom. The number of ketones is 1. The van der Waals surface area contributed by atoms with E-state index in [0.29, 0.717) is 30.0 Å². The van der Waals surface area contributed by atoms with Crippen LogP contribution in [-0.4, -0.2) is 47.5 Å². The van der Waals surface area contributed by atoms with Crippen molar-refractivity contribution in [3.63, 3.8) is 0 Å². The van der Waals surface area contributed by atoms with E-state index in [4.69, 9.17) is 10.5 Å². The quantitative estimate of drug-likeness (QED) is 0.629. The van der Waals surface area contributed by atoms with Crippen LogP contribution in [0.5, 0.6) is 5.75 Å². The molecule has 6 nitrogen and oxygen atoms in total. The van der Waals surface area contributed by atoms with Crippen molar-refractivity contribution >= 4 is 17.4 Å². The van der Waals surface area contributed by atoms with Crippen LogP contribution < -0.4 is 10.5 Å². The van der Waals surface area contributed by atoms with Gasteiger partial charge >= 0.3 is 5.97 Å². The summed E-state index contributed by atoms with van der Waals surface area (Å²) in [7, 11) is 1.51. The molecule has 3 N–H and O–H groups in total. The number of carbonyl (C=O) groups is 2. The molecule has 0 saturated carbocycles. The first kappa shape index (κ1) is 15.3. The Kier molecular flexibility index (Phi) is 4.47. The minimum absolute atomic E-state index is 0.127. The number of nitrogens with zero attached hydrogens (tertiary/aromatic N) is 1. The largest absolute Gasteiger partial charge is 0.495 e. The monoisotopic (exact) mass is 292 g/mol. The number of nitrogen functional groups attached to an aromatic ring is 1. The summed E-state index contributed by atoms with van der Waals surface area (Å²) in [5, 5.41) is 9.21. The highest BCUT2D eigenvalue weighted by atomic mass is 16.5. The molecule has 1 fully saturated rings. The number of Topliss-reactive ketones (excluding diaryl/α,β-unsaturated/α-hetero) is 1. The molecule has 1 aromatic rings. The zero-order valence-electron chi connectivity index (χ0n) is 12.2. The third-order valence-electron chi connectivity index (χ3n) is 3.97. The van der Waals surface area contributed by atoms with Gasteiger partial charge in [0.2, 0.25) is 0 Å². The maximum atomic E-state index is 12.5. The van der Waals surface area contributed by atoms with Gasteiger partial charge in [0.15, 0.2) is 5.78 Å². The molecule has 114 valence electrons. The van der Waals surface area contributed by atoms with Gasteiger partial charge < -0.3 is 15.6 Å². The molecule has 2 rings (SSSR count). The van der Waals surface area contributed by atoms with Crippen molar-refractivity contribution in [3.05, 3.63) is 23.8 Å². The topological polar surface area (TPSA) is 92.9 Å².